The Labute approximate surface area is 119 Å². The van der Waals surface area contributed by atoms with E-state index in [9.17, 15) is 4.79 Å². The number of hydrogen-bond acceptors (Lipinski definition) is 2. The standard InChI is InChI=1S/C16H19ClO2/c1-16(11-19-2)8-7-15(13(9-16)10-18)12-3-5-14(17)6-4-12/h3-6,10H,7-9,11H2,1-2H3/t16-/m0/s1. The summed E-state index contributed by atoms with van der Waals surface area (Å²) < 4.78 is 5.28. The lowest BCUT2D eigenvalue weighted by atomic mass is 9.72. The summed E-state index contributed by atoms with van der Waals surface area (Å²) in [6.45, 7) is 2.87. The van der Waals surface area contributed by atoms with E-state index in [0.717, 1.165) is 47.3 Å². The minimum absolute atomic E-state index is 0.0704. The highest BCUT2D eigenvalue weighted by atomic mass is 35.5. The Morgan fingerprint density at radius 1 is 1.37 bits per heavy atom. The van der Waals surface area contributed by atoms with Gasteiger partial charge in [-0.15, -0.1) is 0 Å². The number of carbonyl (C=O) groups excluding carboxylic acids is 1. The predicted molar refractivity (Wildman–Crippen MR) is 78.3 cm³/mol. The molecule has 1 atom stereocenters. The zero-order chi connectivity index (χ0) is 13.9. The molecule has 0 aliphatic heterocycles. The number of rotatable bonds is 4. The summed E-state index contributed by atoms with van der Waals surface area (Å²) in [6.07, 6.45) is 3.73. The average Bonchev–Trinajstić information content (AvgIpc) is 2.40. The largest absolute Gasteiger partial charge is 0.384 e. The summed E-state index contributed by atoms with van der Waals surface area (Å²) in [7, 11) is 1.71. The number of methoxy groups -OCH3 is 1. The number of carbonyl (C=O) groups is 1. The van der Waals surface area contributed by atoms with Crippen molar-refractivity contribution < 1.29 is 9.53 Å². The fraction of sp³-hybridized carbons (Fsp3) is 0.438. The van der Waals surface area contributed by atoms with Gasteiger partial charge in [0.05, 0.1) is 6.61 Å². The van der Waals surface area contributed by atoms with Crippen molar-refractivity contribution in [2.75, 3.05) is 13.7 Å². The molecular weight excluding hydrogens is 260 g/mol. The average molecular weight is 279 g/mol. The summed E-state index contributed by atoms with van der Waals surface area (Å²) in [5.41, 5.74) is 3.22. The first-order chi connectivity index (χ1) is 9.08. The van der Waals surface area contributed by atoms with Crippen molar-refractivity contribution in [2.24, 2.45) is 5.41 Å². The second-order valence-corrected chi connectivity index (χ2v) is 5.99. The molecule has 0 amide bonds. The fourth-order valence-electron chi connectivity index (χ4n) is 2.81. The summed E-state index contributed by atoms with van der Waals surface area (Å²) in [5, 5.41) is 0.719. The number of halogens is 1. The van der Waals surface area contributed by atoms with Gasteiger partial charge >= 0.3 is 0 Å². The van der Waals surface area contributed by atoms with Crippen LogP contribution in [0.1, 0.15) is 31.7 Å². The molecule has 2 rings (SSSR count). The van der Waals surface area contributed by atoms with Crippen molar-refractivity contribution in [3.63, 3.8) is 0 Å². The smallest absolute Gasteiger partial charge is 0.146 e. The zero-order valence-corrected chi connectivity index (χ0v) is 12.2. The highest BCUT2D eigenvalue weighted by Crippen LogP contribution is 2.42. The molecule has 0 saturated carbocycles. The Morgan fingerprint density at radius 3 is 2.63 bits per heavy atom. The van der Waals surface area contributed by atoms with Crippen LogP contribution in [-0.4, -0.2) is 20.0 Å². The summed E-state index contributed by atoms with van der Waals surface area (Å²) in [4.78, 5) is 11.4. The summed E-state index contributed by atoms with van der Waals surface area (Å²) >= 11 is 5.91. The molecule has 3 heteroatoms. The van der Waals surface area contributed by atoms with Gasteiger partial charge in [-0.25, -0.2) is 0 Å². The molecule has 1 aromatic rings. The maximum Gasteiger partial charge on any atom is 0.146 e. The molecule has 2 nitrogen and oxygen atoms in total. The second kappa shape index (κ2) is 5.89. The van der Waals surface area contributed by atoms with Crippen LogP contribution in [-0.2, 0) is 9.53 Å². The van der Waals surface area contributed by atoms with Gasteiger partial charge in [0.2, 0.25) is 0 Å². The molecule has 0 radical (unpaired) electrons. The van der Waals surface area contributed by atoms with Crippen molar-refractivity contribution in [3.8, 4) is 0 Å². The number of benzene rings is 1. The van der Waals surface area contributed by atoms with Crippen molar-refractivity contribution in [1.82, 2.24) is 0 Å². The van der Waals surface area contributed by atoms with Crippen molar-refractivity contribution in [2.45, 2.75) is 26.2 Å². The fourth-order valence-corrected chi connectivity index (χ4v) is 2.93. The van der Waals surface area contributed by atoms with Crippen LogP contribution in [0.15, 0.2) is 29.8 Å². The van der Waals surface area contributed by atoms with E-state index in [1.807, 2.05) is 24.3 Å². The quantitative estimate of drug-likeness (QED) is 0.774. The van der Waals surface area contributed by atoms with E-state index in [4.69, 9.17) is 16.3 Å². The number of aldehydes is 1. The van der Waals surface area contributed by atoms with Gasteiger partial charge in [-0.1, -0.05) is 30.7 Å². The summed E-state index contributed by atoms with van der Waals surface area (Å²) in [5.74, 6) is 0. The van der Waals surface area contributed by atoms with Crippen LogP contribution < -0.4 is 0 Å². The topological polar surface area (TPSA) is 26.3 Å². The molecular formula is C16H19ClO2. The van der Waals surface area contributed by atoms with Crippen LogP contribution in [0, 0.1) is 5.41 Å². The van der Waals surface area contributed by atoms with E-state index in [1.165, 1.54) is 0 Å². The highest BCUT2D eigenvalue weighted by Gasteiger charge is 2.31. The van der Waals surface area contributed by atoms with Crippen LogP contribution >= 0.6 is 11.6 Å². The first-order valence-corrected chi connectivity index (χ1v) is 6.88. The molecule has 0 aromatic heterocycles. The monoisotopic (exact) mass is 278 g/mol. The molecule has 0 N–H and O–H groups in total. The Morgan fingerprint density at radius 2 is 2.05 bits per heavy atom. The van der Waals surface area contributed by atoms with E-state index in [-0.39, 0.29) is 5.41 Å². The lowest BCUT2D eigenvalue weighted by Crippen LogP contribution is -2.27. The number of hydrogen-bond donors (Lipinski definition) is 0. The van der Waals surface area contributed by atoms with Gasteiger partial charge in [0.15, 0.2) is 0 Å². The lowest BCUT2D eigenvalue weighted by molar-refractivity contribution is -0.105. The van der Waals surface area contributed by atoms with Crippen LogP contribution in [0.25, 0.3) is 5.57 Å². The number of ether oxygens (including phenoxy) is 1. The molecule has 1 aliphatic carbocycles. The van der Waals surface area contributed by atoms with E-state index >= 15 is 0 Å². The van der Waals surface area contributed by atoms with Crippen LogP contribution in [0.2, 0.25) is 5.02 Å². The van der Waals surface area contributed by atoms with Crippen molar-refractivity contribution in [3.05, 3.63) is 40.4 Å². The van der Waals surface area contributed by atoms with Crippen LogP contribution in [0.3, 0.4) is 0 Å². The minimum atomic E-state index is 0.0704. The van der Waals surface area contributed by atoms with Gasteiger partial charge in [0.25, 0.3) is 0 Å². The second-order valence-electron chi connectivity index (χ2n) is 5.55. The third-order valence-electron chi connectivity index (χ3n) is 3.81. The van der Waals surface area contributed by atoms with Crippen LogP contribution in [0.4, 0.5) is 0 Å². The molecule has 19 heavy (non-hydrogen) atoms. The molecule has 0 fully saturated rings. The maximum atomic E-state index is 11.4. The number of allylic oxidation sites excluding steroid dienone is 2. The Hall–Kier alpha value is -1.12. The van der Waals surface area contributed by atoms with Gasteiger partial charge in [-0.3, -0.25) is 4.79 Å². The Bertz CT molecular complexity index is 490. The van der Waals surface area contributed by atoms with E-state index in [0.29, 0.717) is 6.61 Å². The first kappa shape index (κ1) is 14.3. The van der Waals surface area contributed by atoms with Crippen molar-refractivity contribution in [1.29, 1.82) is 0 Å². The molecule has 0 spiro atoms. The summed E-state index contributed by atoms with van der Waals surface area (Å²) in [6, 6.07) is 7.71. The molecule has 1 aliphatic rings. The van der Waals surface area contributed by atoms with E-state index < -0.39 is 0 Å². The van der Waals surface area contributed by atoms with Crippen molar-refractivity contribution >= 4 is 23.5 Å². The predicted octanol–water partition coefficient (Wildman–Crippen LogP) is 4.13. The van der Waals surface area contributed by atoms with Gasteiger partial charge in [0, 0.05) is 12.1 Å². The van der Waals surface area contributed by atoms with Gasteiger partial charge in [-0.05, 0) is 53.5 Å². The molecule has 0 unspecified atom stereocenters. The third-order valence-corrected chi connectivity index (χ3v) is 4.06. The van der Waals surface area contributed by atoms with Gasteiger partial charge in [-0.2, -0.15) is 0 Å². The third kappa shape index (κ3) is 3.26. The highest BCUT2D eigenvalue weighted by molar-refractivity contribution is 6.30. The van der Waals surface area contributed by atoms with Crippen LogP contribution in [0.5, 0.6) is 0 Å². The Kier molecular flexibility index (Phi) is 4.43. The van der Waals surface area contributed by atoms with Gasteiger partial charge in [0.1, 0.15) is 6.29 Å². The zero-order valence-electron chi connectivity index (χ0n) is 11.4. The van der Waals surface area contributed by atoms with E-state index in [2.05, 4.69) is 6.92 Å². The van der Waals surface area contributed by atoms with E-state index in [1.54, 1.807) is 7.11 Å². The minimum Gasteiger partial charge on any atom is -0.384 e. The lowest BCUT2D eigenvalue weighted by Gasteiger charge is -2.34. The maximum absolute atomic E-state index is 11.4. The molecule has 0 saturated heterocycles. The van der Waals surface area contributed by atoms with Gasteiger partial charge < -0.3 is 4.74 Å². The normalized spacial score (nSPS) is 23.5. The molecule has 1 aromatic carbocycles. The molecule has 0 heterocycles. The first-order valence-electron chi connectivity index (χ1n) is 6.50. The molecule has 0 bridgehead atoms. The Balaban J connectivity index is 2.31. The molecule has 102 valence electrons. The SMILES string of the molecule is COC[C@@]1(C)CCC(c2ccc(Cl)cc2)=C(C=O)C1.